The smallest absolute Gasteiger partial charge is 0.217 e. The molecule has 1 amide bonds. The first kappa shape index (κ1) is 17.5. The molecule has 2 heteroatoms. The van der Waals surface area contributed by atoms with Crippen molar-refractivity contribution in [2.24, 2.45) is 0 Å². The standard InChI is InChI=1S/C6H13NO.2C2H6/c1-4-5(2)7-6(3)8;2*1-2/h5H,4H2,1-3H3,(H,7,8);2*1-2H3. The molecule has 0 aliphatic rings. The van der Waals surface area contributed by atoms with Crippen molar-refractivity contribution in [1.82, 2.24) is 5.32 Å². The van der Waals surface area contributed by atoms with Gasteiger partial charge in [-0.15, -0.1) is 0 Å². The number of hydrogen-bond acceptors (Lipinski definition) is 1. The van der Waals surface area contributed by atoms with Gasteiger partial charge in [0.2, 0.25) is 5.91 Å². The maximum Gasteiger partial charge on any atom is 0.217 e. The van der Waals surface area contributed by atoms with E-state index in [1.54, 1.807) is 0 Å². The highest BCUT2D eigenvalue weighted by Crippen LogP contribution is 1.85. The van der Waals surface area contributed by atoms with E-state index >= 15 is 0 Å². The van der Waals surface area contributed by atoms with Crippen molar-refractivity contribution in [2.45, 2.75) is 60.9 Å². The Kier molecular flexibility index (Phi) is 24.6. The summed E-state index contributed by atoms with van der Waals surface area (Å²) in [6.07, 6.45) is 1.000. The molecule has 0 rings (SSSR count). The third kappa shape index (κ3) is 22.7. The molecule has 0 fully saturated rings. The van der Waals surface area contributed by atoms with Gasteiger partial charge in [0.15, 0.2) is 0 Å². The van der Waals surface area contributed by atoms with Crippen LogP contribution in [-0.2, 0) is 4.79 Å². The van der Waals surface area contributed by atoms with Crippen molar-refractivity contribution in [3.05, 3.63) is 0 Å². The molecule has 1 unspecified atom stereocenters. The number of rotatable bonds is 2. The number of nitrogens with one attached hydrogen (secondary N) is 1. The topological polar surface area (TPSA) is 29.1 Å². The van der Waals surface area contributed by atoms with Crippen LogP contribution in [0.1, 0.15) is 54.9 Å². The van der Waals surface area contributed by atoms with Crippen LogP contribution in [0.25, 0.3) is 0 Å². The average Bonchev–Trinajstić information content (AvgIpc) is 2.10. The molecule has 0 bridgehead atoms. The molecule has 0 radical (unpaired) electrons. The van der Waals surface area contributed by atoms with E-state index < -0.39 is 0 Å². The molecule has 0 aliphatic heterocycles. The summed E-state index contributed by atoms with van der Waals surface area (Å²) >= 11 is 0. The lowest BCUT2D eigenvalue weighted by Crippen LogP contribution is -2.29. The van der Waals surface area contributed by atoms with Crippen LogP contribution >= 0.6 is 0 Å². The van der Waals surface area contributed by atoms with Gasteiger partial charge in [-0.05, 0) is 13.3 Å². The molecule has 0 heterocycles. The van der Waals surface area contributed by atoms with E-state index in [4.69, 9.17) is 0 Å². The van der Waals surface area contributed by atoms with Gasteiger partial charge >= 0.3 is 0 Å². The summed E-state index contributed by atoms with van der Waals surface area (Å²) in [7, 11) is 0. The van der Waals surface area contributed by atoms with E-state index in [2.05, 4.69) is 5.32 Å². The van der Waals surface area contributed by atoms with Gasteiger partial charge in [-0.1, -0.05) is 34.6 Å². The van der Waals surface area contributed by atoms with E-state index in [0.29, 0.717) is 6.04 Å². The molecule has 0 aromatic rings. The predicted molar refractivity (Wildman–Crippen MR) is 56.3 cm³/mol. The molecule has 0 aliphatic carbocycles. The second-order valence-electron chi connectivity index (χ2n) is 2.01. The molecule has 0 aromatic carbocycles. The highest BCUT2D eigenvalue weighted by molar-refractivity contribution is 5.73. The monoisotopic (exact) mass is 175 g/mol. The summed E-state index contributed by atoms with van der Waals surface area (Å²) in [5.74, 6) is 0.0550. The van der Waals surface area contributed by atoms with Crippen molar-refractivity contribution in [3.8, 4) is 0 Å². The van der Waals surface area contributed by atoms with Gasteiger partial charge < -0.3 is 5.32 Å². The van der Waals surface area contributed by atoms with E-state index in [1.807, 2.05) is 41.5 Å². The molecule has 0 saturated heterocycles. The molecule has 2 nitrogen and oxygen atoms in total. The third-order valence-electron chi connectivity index (χ3n) is 1.06. The molecule has 0 saturated carbocycles. The molecular formula is C10H25NO. The van der Waals surface area contributed by atoms with Gasteiger partial charge in [0, 0.05) is 13.0 Å². The highest BCUT2D eigenvalue weighted by Gasteiger charge is 1.96. The Morgan fingerprint density at radius 2 is 1.58 bits per heavy atom. The molecule has 12 heavy (non-hydrogen) atoms. The molecule has 0 aromatic heterocycles. The Hall–Kier alpha value is -0.530. The molecule has 1 atom stereocenters. The Balaban J connectivity index is -0.000000175. The minimum absolute atomic E-state index is 0.0550. The normalized spacial score (nSPS) is 9.58. The maximum atomic E-state index is 10.3. The fourth-order valence-corrected chi connectivity index (χ4v) is 0.449. The van der Waals surface area contributed by atoms with Gasteiger partial charge in [-0.2, -0.15) is 0 Å². The number of carbonyl (C=O) groups excluding carboxylic acids is 1. The van der Waals surface area contributed by atoms with Gasteiger partial charge in [0.1, 0.15) is 0 Å². The zero-order chi connectivity index (χ0) is 10.6. The van der Waals surface area contributed by atoms with E-state index in [1.165, 1.54) is 6.92 Å². The molecule has 76 valence electrons. The zero-order valence-corrected chi connectivity index (χ0v) is 9.69. The Morgan fingerprint density at radius 1 is 1.25 bits per heavy atom. The fourth-order valence-electron chi connectivity index (χ4n) is 0.449. The van der Waals surface area contributed by atoms with Crippen LogP contribution in [0, 0.1) is 0 Å². The second-order valence-corrected chi connectivity index (χ2v) is 2.01. The first-order chi connectivity index (χ1) is 5.66. The lowest BCUT2D eigenvalue weighted by atomic mass is 10.3. The predicted octanol–water partition coefficient (Wildman–Crippen LogP) is 2.97. The van der Waals surface area contributed by atoms with Crippen molar-refractivity contribution >= 4 is 5.91 Å². The van der Waals surface area contributed by atoms with Crippen LogP contribution in [0.4, 0.5) is 0 Å². The lowest BCUT2D eigenvalue weighted by molar-refractivity contribution is -0.119. The number of amides is 1. The number of carbonyl (C=O) groups is 1. The van der Waals surface area contributed by atoms with Crippen molar-refractivity contribution in [1.29, 1.82) is 0 Å². The first-order valence-electron chi connectivity index (χ1n) is 4.94. The molecular weight excluding hydrogens is 150 g/mol. The van der Waals surface area contributed by atoms with E-state index in [9.17, 15) is 4.79 Å². The van der Waals surface area contributed by atoms with E-state index in [0.717, 1.165) is 6.42 Å². The van der Waals surface area contributed by atoms with Crippen molar-refractivity contribution in [2.75, 3.05) is 0 Å². The summed E-state index contributed by atoms with van der Waals surface area (Å²) in [5, 5.41) is 2.75. The molecule has 1 N–H and O–H groups in total. The third-order valence-corrected chi connectivity index (χ3v) is 1.06. The number of hydrogen-bond donors (Lipinski definition) is 1. The van der Waals surface area contributed by atoms with Crippen LogP contribution in [0.2, 0.25) is 0 Å². The minimum Gasteiger partial charge on any atom is -0.354 e. The van der Waals surface area contributed by atoms with Gasteiger partial charge in [-0.3, -0.25) is 4.79 Å². The summed E-state index contributed by atoms with van der Waals surface area (Å²) in [6, 6.07) is 0.326. The highest BCUT2D eigenvalue weighted by atomic mass is 16.1. The van der Waals surface area contributed by atoms with Gasteiger partial charge in [-0.25, -0.2) is 0 Å². The van der Waals surface area contributed by atoms with E-state index in [-0.39, 0.29) is 5.91 Å². The Bertz CT molecular complexity index is 81.9. The Morgan fingerprint density at radius 3 is 1.67 bits per heavy atom. The van der Waals surface area contributed by atoms with Crippen LogP contribution in [0.15, 0.2) is 0 Å². The minimum atomic E-state index is 0.0550. The SMILES string of the molecule is CC.CC.CCC(C)NC(C)=O. The van der Waals surface area contributed by atoms with Crippen LogP contribution < -0.4 is 5.32 Å². The maximum absolute atomic E-state index is 10.3. The average molecular weight is 175 g/mol. The summed E-state index contributed by atoms with van der Waals surface area (Å²) in [4.78, 5) is 10.3. The van der Waals surface area contributed by atoms with Gasteiger partial charge in [0.05, 0.1) is 0 Å². The largest absolute Gasteiger partial charge is 0.354 e. The van der Waals surface area contributed by atoms with Gasteiger partial charge in [0.25, 0.3) is 0 Å². The lowest BCUT2D eigenvalue weighted by Gasteiger charge is -2.07. The van der Waals surface area contributed by atoms with Crippen LogP contribution in [0.5, 0.6) is 0 Å². The zero-order valence-electron chi connectivity index (χ0n) is 9.69. The summed E-state index contributed by atoms with van der Waals surface area (Å²) in [6.45, 7) is 13.6. The fraction of sp³-hybridized carbons (Fsp3) is 0.900. The van der Waals surface area contributed by atoms with Crippen molar-refractivity contribution in [3.63, 3.8) is 0 Å². The Labute approximate surface area is 77.7 Å². The summed E-state index contributed by atoms with van der Waals surface area (Å²) in [5.41, 5.74) is 0. The van der Waals surface area contributed by atoms with Crippen LogP contribution in [-0.4, -0.2) is 11.9 Å². The molecule has 0 spiro atoms. The van der Waals surface area contributed by atoms with Crippen LogP contribution in [0.3, 0.4) is 0 Å². The summed E-state index contributed by atoms with van der Waals surface area (Å²) < 4.78 is 0. The quantitative estimate of drug-likeness (QED) is 0.687. The first-order valence-corrected chi connectivity index (χ1v) is 4.94. The second kappa shape index (κ2) is 16.8. The van der Waals surface area contributed by atoms with Crippen molar-refractivity contribution < 1.29 is 4.79 Å².